The van der Waals surface area contributed by atoms with E-state index >= 15 is 0 Å². The largest absolute Gasteiger partial charge is 0.387 e. The van der Waals surface area contributed by atoms with E-state index in [-0.39, 0.29) is 6.61 Å². The standard InChI is InChI=1S/C28H32O6/c1-30-28-27(33-19-23-15-9-4-10-16-23)25(29)26(32-18-22-13-7-3-8-14-22)24(34-28)20-31-17-21-11-5-2-6-12-21/h2-16,24-29H,17-20H2,1H3/t24?,25?,26-,27?,28+/m1/s1. The van der Waals surface area contributed by atoms with Crippen molar-refractivity contribution >= 4 is 0 Å². The van der Waals surface area contributed by atoms with Crippen LogP contribution in [0.2, 0.25) is 0 Å². The van der Waals surface area contributed by atoms with Crippen LogP contribution in [0.3, 0.4) is 0 Å². The van der Waals surface area contributed by atoms with E-state index in [1.54, 1.807) is 7.11 Å². The van der Waals surface area contributed by atoms with Crippen LogP contribution in [-0.4, -0.2) is 49.5 Å². The molecule has 3 aromatic carbocycles. The fourth-order valence-corrected chi connectivity index (χ4v) is 4.00. The van der Waals surface area contributed by atoms with E-state index in [0.717, 1.165) is 16.7 Å². The first kappa shape index (κ1) is 24.5. The second-order valence-electron chi connectivity index (χ2n) is 8.29. The predicted molar refractivity (Wildman–Crippen MR) is 128 cm³/mol. The molecule has 180 valence electrons. The molecule has 0 aromatic heterocycles. The number of benzene rings is 3. The highest BCUT2D eigenvalue weighted by molar-refractivity contribution is 5.15. The van der Waals surface area contributed by atoms with Gasteiger partial charge in [-0.15, -0.1) is 0 Å². The molecule has 0 amide bonds. The Bertz CT molecular complexity index is 950. The van der Waals surface area contributed by atoms with Crippen molar-refractivity contribution in [2.24, 2.45) is 0 Å². The monoisotopic (exact) mass is 464 g/mol. The molecule has 34 heavy (non-hydrogen) atoms. The van der Waals surface area contributed by atoms with Gasteiger partial charge in [-0.25, -0.2) is 0 Å². The van der Waals surface area contributed by atoms with Gasteiger partial charge in [0, 0.05) is 7.11 Å². The van der Waals surface area contributed by atoms with Gasteiger partial charge in [0.05, 0.1) is 26.4 Å². The first-order valence-corrected chi connectivity index (χ1v) is 11.5. The van der Waals surface area contributed by atoms with E-state index in [1.807, 2.05) is 91.0 Å². The summed E-state index contributed by atoms with van der Waals surface area (Å²) in [6.45, 7) is 1.35. The molecule has 1 aliphatic heterocycles. The lowest BCUT2D eigenvalue weighted by Gasteiger charge is -2.43. The van der Waals surface area contributed by atoms with Crippen molar-refractivity contribution in [3.63, 3.8) is 0 Å². The predicted octanol–water partition coefficient (Wildman–Crippen LogP) is 4.11. The van der Waals surface area contributed by atoms with Gasteiger partial charge in [-0.2, -0.15) is 0 Å². The van der Waals surface area contributed by atoms with Gasteiger partial charge in [0.2, 0.25) is 0 Å². The van der Waals surface area contributed by atoms with Crippen molar-refractivity contribution in [3.8, 4) is 0 Å². The SMILES string of the molecule is CO[C@H]1OC(COCc2ccccc2)[C@@H](OCc2ccccc2)C(O)C1OCc1ccccc1. The van der Waals surface area contributed by atoms with Gasteiger partial charge in [0.1, 0.15) is 24.4 Å². The summed E-state index contributed by atoms with van der Waals surface area (Å²) in [7, 11) is 1.54. The molecule has 5 atom stereocenters. The lowest BCUT2D eigenvalue weighted by molar-refractivity contribution is -0.315. The van der Waals surface area contributed by atoms with Crippen LogP contribution >= 0.6 is 0 Å². The van der Waals surface area contributed by atoms with Crippen molar-refractivity contribution in [2.45, 2.75) is 50.5 Å². The topological polar surface area (TPSA) is 66.4 Å². The lowest BCUT2D eigenvalue weighted by Crippen LogP contribution is -2.60. The third-order valence-electron chi connectivity index (χ3n) is 5.81. The highest BCUT2D eigenvalue weighted by Crippen LogP contribution is 2.28. The van der Waals surface area contributed by atoms with E-state index in [2.05, 4.69) is 0 Å². The molecular formula is C28H32O6. The molecule has 6 heteroatoms. The first-order valence-electron chi connectivity index (χ1n) is 11.5. The van der Waals surface area contributed by atoms with Crippen LogP contribution in [0.4, 0.5) is 0 Å². The summed E-state index contributed by atoms with van der Waals surface area (Å²) in [6, 6.07) is 29.6. The van der Waals surface area contributed by atoms with Gasteiger partial charge in [0.15, 0.2) is 6.29 Å². The molecule has 0 radical (unpaired) electrons. The van der Waals surface area contributed by atoms with Crippen molar-refractivity contribution in [2.75, 3.05) is 13.7 Å². The third kappa shape index (κ3) is 6.73. The summed E-state index contributed by atoms with van der Waals surface area (Å²) in [5, 5.41) is 11.3. The highest BCUT2D eigenvalue weighted by Gasteiger charge is 2.47. The second-order valence-corrected chi connectivity index (χ2v) is 8.29. The molecule has 1 aliphatic rings. The van der Waals surface area contributed by atoms with Gasteiger partial charge >= 0.3 is 0 Å². The highest BCUT2D eigenvalue weighted by atomic mass is 16.7. The van der Waals surface area contributed by atoms with Crippen molar-refractivity contribution in [1.29, 1.82) is 0 Å². The maximum absolute atomic E-state index is 11.3. The Balaban J connectivity index is 1.44. The van der Waals surface area contributed by atoms with Crippen LogP contribution in [0.1, 0.15) is 16.7 Å². The van der Waals surface area contributed by atoms with Gasteiger partial charge < -0.3 is 28.8 Å². The lowest BCUT2D eigenvalue weighted by atomic mass is 9.98. The van der Waals surface area contributed by atoms with Gasteiger partial charge in [-0.3, -0.25) is 0 Å². The minimum atomic E-state index is -0.962. The Morgan fingerprint density at radius 3 is 1.65 bits per heavy atom. The maximum Gasteiger partial charge on any atom is 0.186 e. The van der Waals surface area contributed by atoms with Crippen molar-refractivity contribution < 1.29 is 28.8 Å². The Morgan fingerprint density at radius 2 is 1.15 bits per heavy atom. The smallest absolute Gasteiger partial charge is 0.186 e. The molecule has 0 saturated carbocycles. The maximum atomic E-state index is 11.3. The van der Waals surface area contributed by atoms with Crippen molar-refractivity contribution in [1.82, 2.24) is 0 Å². The Kier molecular flexibility index (Phi) is 9.21. The molecule has 3 aromatic rings. The van der Waals surface area contributed by atoms with E-state index in [0.29, 0.717) is 19.8 Å². The molecule has 4 rings (SSSR count). The normalized spacial score (nSPS) is 24.7. The van der Waals surface area contributed by atoms with Crippen molar-refractivity contribution in [3.05, 3.63) is 108 Å². The molecule has 1 N–H and O–H groups in total. The van der Waals surface area contributed by atoms with Crippen LogP contribution in [0.5, 0.6) is 0 Å². The molecule has 1 heterocycles. The number of rotatable bonds is 11. The Morgan fingerprint density at radius 1 is 0.676 bits per heavy atom. The molecule has 0 bridgehead atoms. The van der Waals surface area contributed by atoms with Crippen LogP contribution in [0, 0.1) is 0 Å². The summed E-state index contributed by atoms with van der Waals surface area (Å²) >= 11 is 0. The van der Waals surface area contributed by atoms with Crippen LogP contribution < -0.4 is 0 Å². The molecule has 3 unspecified atom stereocenters. The van der Waals surface area contributed by atoms with Gasteiger partial charge in [-0.05, 0) is 16.7 Å². The zero-order valence-corrected chi connectivity index (χ0v) is 19.4. The molecule has 1 saturated heterocycles. The Labute approximate surface area is 201 Å². The number of aliphatic hydroxyl groups excluding tert-OH is 1. The second kappa shape index (κ2) is 12.8. The van der Waals surface area contributed by atoms with Crippen LogP contribution in [0.25, 0.3) is 0 Å². The summed E-state index contributed by atoms with van der Waals surface area (Å²) in [6.07, 6.45) is -3.60. The number of hydrogen-bond donors (Lipinski definition) is 1. The number of hydrogen-bond acceptors (Lipinski definition) is 6. The number of aliphatic hydroxyl groups is 1. The fourth-order valence-electron chi connectivity index (χ4n) is 4.00. The first-order chi connectivity index (χ1) is 16.7. The van der Waals surface area contributed by atoms with Gasteiger partial charge in [0.25, 0.3) is 0 Å². The van der Waals surface area contributed by atoms with Crippen LogP contribution in [-0.2, 0) is 43.5 Å². The zero-order valence-electron chi connectivity index (χ0n) is 19.4. The zero-order chi connectivity index (χ0) is 23.6. The Hall–Kier alpha value is -2.58. The third-order valence-corrected chi connectivity index (χ3v) is 5.81. The molecule has 6 nitrogen and oxygen atoms in total. The molecule has 0 aliphatic carbocycles. The average molecular weight is 465 g/mol. The van der Waals surface area contributed by atoms with Gasteiger partial charge in [-0.1, -0.05) is 91.0 Å². The summed E-state index contributed by atoms with van der Waals surface area (Å²) < 4.78 is 29.9. The molecular weight excluding hydrogens is 432 g/mol. The molecule has 0 spiro atoms. The average Bonchev–Trinajstić information content (AvgIpc) is 2.89. The van der Waals surface area contributed by atoms with E-state index in [9.17, 15) is 5.11 Å². The minimum Gasteiger partial charge on any atom is -0.387 e. The van der Waals surface area contributed by atoms with Crippen LogP contribution in [0.15, 0.2) is 91.0 Å². The molecule has 1 fully saturated rings. The minimum absolute atomic E-state index is 0.247. The van der Waals surface area contributed by atoms with E-state index < -0.39 is 30.7 Å². The summed E-state index contributed by atoms with van der Waals surface area (Å²) in [5.74, 6) is 0. The quantitative estimate of drug-likeness (QED) is 0.461. The summed E-state index contributed by atoms with van der Waals surface area (Å²) in [5.41, 5.74) is 3.07. The van der Waals surface area contributed by atoms with E-state index in [4.69, 9.17) is 23.7 Å². The summed E-state index contributed by atoms with van der Waals surface area (Å²) in [4.78, 5) is 0. The number of methoxy groups -OCH3 is 1. The number of ether oxygens (including phenoxy) is 5. The fraction of sp³-hybridized carbons (Fsp3) is 0.357. The van der Waals surface area contributed by atoms with E-state index in [1.165, 1.54) is 0 Å².